The lowest BCUT2D eigenvalue weighted by Crippen LogP contribution is -2.10. The van der Waals surface area contributed by atoms with Crippen molar-refractivity contribution < 1.29 is 14.3 Å². The van der Waals surface area contributed by atoms with Gasteiger partial charge in [-0.05, 0) is 52.4 Å². The Morgan fingerprint density at radius 3 is 2.11 bits per heavy atom. The van der Waals surface area contributed by atoms with Crippen molar-refractivity contribution in [2.24, 2.45) is 0 Å². The van der Waals surface area contributed by atoms with Crippen LogP contribution in [0.15, 0.2) is 36.5 Å². The zero-order valence-electron chi connectivity index (χ0n) is 18.0. The summed E-state index contributed by atoms with van der Waals surface area (Å²) in [5.41, 5.74) is 0. The van der Waals surface area contributed by atoms with Crippen LogP contribution in [-0.4, -0.2) is 25.3 Å². The molecule has 0 unspecified atom stereocenters. The Morgan fingerprint density at radius 1 is 0.778 bits per heavy atom. The zero-order chi connectivity index (χ0) is 20.0. The summed E-state index contributed by atoms with van der Waals surface area (Å²) in [5, 5.41) is 0. The number of hydrogen-bond donors (Lipinski definition) is 0. The van der Waals surface area contributed by atoms with Crippen LogP contribution in [0.25, 0.3) is 0 Å². The maximum absolute atomic E-state index is 11.6. The molecule has 0 aromatic rings. The molecule has 0 heterocycles. The van der Waals surface area contributed by atoms with E-state index in [-0.39, 0.29) is 12.1 Å². The number of ether oxygens (including phenoxy) is 2. The van der Waals surface area contributed by atoms with Gasteiger partial charge in [0.15, 0.2) is 0 Å². The zero-order valence-corrected chi connectivity index (χ0v) is 18.0. The molecule has 0 radical (unpaired) electrons. The molecule has 0 saturated heterocycles. The molecule has 0 rings (SSSR count). The van der Waals surface area contributed by atoms with Crippen molar-refractivity contribution in [1.29, 1.82) is 0 Å². The van der Waals surface area contributed by atoms with Crippen molar-refractivity contribution in [2.75, 3.05) is 13.2 Å². The van der Waals surface area contributed by atoms with Gasteiger partial charge in [0.05, 0.1) is 19.3 Å². The second kappa shape index (κ2) is 21.0. The predicted octanol–water partition coefficient (Wildman–Crippen LogP) is 6.93. The Hall–Kier alpha value is -1.35. The van der Waals surface area contributed by atoms with E-state index in [9.17, 15) is 4.79 Å². The number of unbranched alkanes of at least 4 members (excludes halogenated alkanes) is 5. The largest absolute Gasteiger partial charge is 0.466 e. The molecular weight excluding hydrogens is 336 g/mol. The third-order valence-corrected chi connectivity index (χ3v) is 4.03. The molecule has 0 N–H and O–H groups in total. The van der Waals surface area contributed by atoms with Gasteiger partial charge in [0, 0.05) is 12.8 Å². The van der Waals surface area contributed by atoms with Crippen molar-refractivity contribution >= 4 is 5.97 Å². The van der Waals surface area contributed by atoms with E-state index >= 15 is 0 Å². The molecule has 0 spiro atoms. The molecule has 0 saturated carbocycles. The van der Waals surface area contributed by atoms with Crippen molar-refractivity contribution in [3.8, 4) is 0 Å². The van der Waals surface area contributed by atoms with Crippen LogP contribution in [0, 0.1) is 0 Å². The molecule has 27 heavy (non-hydrogen) atoms. The van der Waals surface area contributed by atoms with E-state index in [1.165, 1.54) is 19.3 Å². The maximum atomic E-state index is 11.6. The monoisotopic (exact) mass is 378 g/mol. The molecule has 0 bridgehead atoms. The average molecular weight is 379 g/mol. The average Bonchev–Trinajstić information content (AvgIpc) is 2.64. The first kappa shape index (κ1) is 25.6. The Labute approximate surface area is 167 Å². The normalized spacial score (nSPS) is 12.1. The second-order valence-corrected chi connectivity index (χ2v) is 7.09. The standard InChI is InChI=1S/C24H42O3/c1-4-5-6-7-8-9-10-11-12-13-14-15-16-17-18-20-24(25)27-22-19-21-26-23(2)3/h5-6,8-9,11-12,23H,4,7,10,13-22H2,1-3H3. The summed E-state index contributed by atoms with van der Waals surface area (Å²) in [6, 6.07) is 0. The molecule has 0 amide bonds. The van der Waals surface area contributed by atoms with E-state index in [1.54, 1.807) is 0 Å². The van der Waals surface area contributed by atoms with Crippen molar-refractivity contribution in [3.05, 3.63) is 36.5 Å². The highest BCUT2D eigenvalue weighted by Gasteiger charge is 2.02. The highest BCUT2D eigenvalue weighted by molar-refractivity contribution is 5.69. The van der Waals surface area contributed by atoms with E-state index in [0.29, 0.717) is 19.6 Å². The summed E-state index contributed by atoms with van der Waals surface area (Å²) < 4.78 is 10.6. The van der Waals surface area contributed by atoms with Crippen LogP contribution >= 0.6 is 0 Å². The number of carbonyl (C=O) groups excluding carboxylic acids is 1. The summed E-state index contributed by atoms with van der Waals surface area (Å²) >= 11 is 0. The topological polar surface area (TPSA) is 35.5 Å². The maximum Gasteiger partial charge on any atom is 0.305 e. The van der Waals surface area contributed by atoms with Crippen LogP contribution in [0.5, 0.6) is 0 Å². The number of carbonyl (C=O) groups is 1. The minimum Gasteiger partial charge on any atom is -0.466 e. The van der Waals surface area contributed by atoms with Gasteiger partial charge in [-0.15, -0.1) is 0 Å². The summed E-state index contributed by atoms with van der Waals surface area (Å²) in [7, 11) is 0. The molecule has 0 aliphatic carbocycles. The van der Waals surface area contributed by atoms with Gasteiger partial charge in [-0.25, -0.2) is 0 Å². The fourth-order valence-corrected chi connectivity index (χ4v) is 2.52. The van der Waals surface area contributed by atoms with Crippen LogP contribution in [0.2, 0.25) is 0 Å². The van der Waals surface area contributed by atoms with Gasteiger partial charge in [0.1, 0.15) is 0 Å². The quantitative estimate of drug-likeness (QED) is 0.147. The lowest BCUT2D eigenvalue weighted by molar-refractivity contribution is -0.144. The first-order valence-electron chi connectivity index (χ1n) is 10.9. The lowest BCUT2D eigenvalue weighted by Gasteiger charge is -2.08. The number of hydrogen-bond acceptors (Lipinski definition) is 3. The van der Waals surface area contributed by atoms with Gasteiger partial charge >= 0.3 is 5.97 Å². The van der Waals surface area contributed by atoms with Crippen LogP contribution in [-0.2, 0) is 14.3 Å². The van der Waals surface area contributed by atoms with E-state index in [1.807, 2.05) is 13.8 Å². The molecule has 0 aliphatic rings. The second-order valence-electron chi connectivity index (χ2n) is 7.09. The summed E-state index contributed by atoms with van der Waals surface area (Å²) in [5.74, 6) is -0.0688. The van der Waals surface area contributed by atoms with Crippen LogP contribution in [0.3, 0.4) is 0 Å². The van der Waals surface area contributed by atoms with Gasteiger partial charge in [-0.1, -0.05) is 62.6 Å². The third-order valence-electron chi connectivity index (χ3n) is 4.03. The van der Waals surface area contributed by atoms with Crippen molar-refractivity contribution in [1.82, 2.24) is 0 Å². The van der Waals surface area contributed by atoms with E-state index in [0.717, 1.165) is 44.9 Å². The highest BCUT2D eigenvalue weighted by Crippen LogP contribution is 2.08. The molecule has 3 nitrogen and oxygen atoms in total. The van der Waals surface area contributed by atoms with E-state index in [2.05, 4.69) is 43.4 Å². The third kappa shape index (κ3) is 22.6. The molecule has 0 aliphatic heterocycles. The molecule has 0 atom stereocenters. The Balaban J connectivity index is 3.31. The van der Waals surface area contributed by atoms with Crippen LogP contribution < -0.4 is 0 Å². The summed E-state index contributed by atoms with van der Waals surface area (Å²) in [6.45, 7) is 7.31. The highest BCUT2D eigenvalue weighted by atomic mass is 16.5. The molecule has 0 fully saturated rings. The lowest BCUT2D eigenvalue weighted by atomic mass is 10.1. The minimum atomic E-state index is -0.0688. The SMILES string of the molecule is CCC=CCC=CCC=CCCCCCCCC(=O)OCCCOC(C)C. The molecule has 3 heteroatoms. The fourth-order valence-electron chi connectivity index (χ4n) is 2.52. The Morgan fingerprint density at radius 2 is 1.41 bits per heavy atom. The number of allylic oxidation sites excluding steroid dienone is 6. The van der Waals surface area contributed by atoms with E-state index in [4.69, 9.17) is 9.47 Å². The van der Waals surface area contributed by atoms with Crippen molar-refractivity contribution in [3.63, 3.8) is 0 Å². The smallest absolute Gasteiger partial charge is 0.305 e. The summed E-state index contributed by atoms with van der Waals surface area (Å²) in [6.07, 6.45) is 25.1. The summed E-state index contributed by atoms with van der Waals surface area (Å²) in [4.78, 5) is 11.6. The minimum absolute atomic E-state index is 0.0688. The van der Waals surface area contributed by atoms with Crippen molar-refractivity contribution in [2.45, 2.75) is 97.5 Å². The number of rotatable bonds is 18. The fraction of sp³-hybridized carbons (Fsp3) is 0.708. The van der Waals surface area contributed by atoms with Crippen LogP contribution in [0.1, 0.15) is 91.4 Å². The van der Waals surface area contributed by atoms with Gasteiger partial charge < -0.3 is 9.47 Å². The molecular formula is C24H42O3. The molecule has 0 aromatic carbocycles. The first-order valence-corrected chi connectivity index (χ1v) is 10.9. The van der Waals surface area contributed by atoms with Gasteiger partial charge in [0.25, 0.3) is 0 Å². The van der Waals surface area contributed by atoms with Gasteiger partial charge in [-0.2, -0.15) is 0 Å². The Kier molecular flexibility index (Phi) is 19.9. The first-order chi connectivity index (χ1) is 13.2. The van der Waals surface area contributed by atoms with Crippen LogP contribution in [0.4, 0.5) is 0 Å². The van der Waals surface area contributed by atoms with E-state index < -0.39 is 0 Å². The van der Waals surface area contributed by atoms with Gasteiger partial charge in [0.2, 0.25) is 0 Å². The predicted molar refractivity (Wildman–Crippen MR) is 116 cm³/mol. The number of esters is 1. The molecule has 0 aromatic heterocycles. The Bertz CT molecular complexity index is 408. The molecule has 156 valence electrons. The van der Waals surface area contributed by atoms with Gasteiger partial charge in [-0.3, -0.25) is 4.79 Å².